The summed E-state index contributed by atoms with van der Waals surface area (Å²) in [4.78, 5) is 21.6. The van der Waals surface area contributed by atoms with Crippen LogP contribution >= 0.6 is 0 Å². The molecule has 0 aliphatic heterocycles. The Bertz CT molecular complexity index is 241. The predicted octanol–water partition coefficient (Wildman–Crippen LogP) is 0.554. The van der Waals surface area contributed by atoms with Gasteiger partial charge in [0.05, 0.1) is 13.7 Å². The lowest BCUT2D eigenvalue weighted by Crippen LogP contribution is -2.17. The number of allylic oxidation sites excluding steroid dienone is 1. The van der Waals surface area contributed by atoms with E-state index in [2.05, 4.69) is 9.47 Å². The third-order valence-electron chi connectivity index (χ3n) is 1.35. The van der Waals surface area contributed by atoms with Crippen LogP contribution in [0.5, 0.6) is 0 Å². The van der Waals surface area contributed by atoms with Gasteiger partial charge in [-0.25, -0.2) is 9.59 Å². The first kappa shape index (κ1) is 11.5. The van der Waals surface area contributed by atoms with Crippen molar-refractivity contribution in [3.8, 4) is 0 Å². The van der Waals surface area contributed by atoms with Gasteiger partial charge in [0.1, 0.15) is 5.76 Å². The van der Waals surface area contributed by atoms with Crippen LogP contribution < -0.4 is 0 Å². The van der Waals surface area contributed by atoms with Crippen molar-refractivity contribution in [1.82, 2.24) is 0 Å². The van der Waals surface area contributed by atoms with E-state index < -0.39 is 17.5 Å². The normalized spacial score (nSPS) is 11.6. The molecule has 0 heterocycles. The molecular formula is C8H12O5. The summed E-state index contributed by atoms with van der Waals surface area (Å²) in [7, 11) is 1.29. The van der Waals surface area contributed by atoms with Gasteiger partial charge in [0, 0.05) is 0 Å². The van der Waals surface area contributed by atoms with Crippen LogP contribution in [0.1, 0.15) is 13.8 Å². The maximum Gasteiger partial charge on any atom is 0.349 e. The van der Waals surface area contributed by atoms with E-state index in [0.717, 1.165) is 0 Å². The van der Waals surface area contributed by atoms with Gasteiger partial charge in [-0.15, -0.1) is 0 Å². The summed E-state index contributed by atoms with van der Waals surface area (Å²) >= 11 is 0. The average Bonchev–Trinajstić information content (AvgIpc) is 2.04. The first-order chi connectivity index (χ1) is 6.04. The molecule has 0 aromatic heterocycles. The van der Waals surface area contributed by atoms with Crippen molar-refractivity contribution >= 4 is 11.9 Å². The minimum absolute atomic E-state index is 0.0333. The van der Waals surface area contributed by atoms with Crippen LogP contribution in [0.15, 0.2) is 11.3 Å². The van der Waals surface area contributed by atoms with Gasteiger partial charge in [0.25, 0.3) is 0 Å². The number of hydrogen-bond donors (Lipinski definition) is 1. The van der Waals surface area contributed by atoms with Crippen LogP contribution in [-0.4, -0.2) is 30.8 Å². The molecule has 0 saturated heterocycles. The van der Waals surface area contributed by atoms with E-state index in [1.165, 1.54) is 14.0 Å². The topological polar surface area (TPSA) is 72.8 Å². The highest BCUT2D eigenvalue weighted by atomic mass is 16.5. The summed E-state index contributed by atoms with van der Waals surface area (Å²) in [6.45, 7) is 3.12. The van der Waals surface area contributed by atoms with Crippen LogP contribution in [-0.2, 0) is 19.1 Å². The lowest BCUT2D eigenvalue weighted by molar-refractivity contribution is -0.144. The zero-order valence-electron chi connectivity index (χ0n) is 7.79. The minimum Gasteiger partial charge on any atom is -0.500 e. The Morgan fingerprint density at radius 3 is 2.23 bits per heavy atom. The number of aliphatic carboxylic acids is 1. The Morgan fingerprint density at radius 1 is 1.38 bits per heavy atom. The fourth-order valence-corrected chi connectivity index (χ4v) is 0.687. The summed E-state index contributed by atoms with van der Waals surface area (Å²) in [6.07, 6.45) is 0. The van der Waals surface area contributed by atoms with Gasteiger partial charge in [-0.3, -0.25) is 0 Å². The van der Waals surface area contributed by atoms with E-state index >= 15 is 0 Å². The molecule has 0 fully saturated rings. The number of carbonyl (C=O) groups excluding carboxylic acids is 1. The molecule has 0 aromatic rings. The van der Waals surface area contributed by atoms with Crippen molar-refractivity contribution in [3.05, 3.63) is 11.3 Å². The van der Waals surface area contributed by atoms with Gasteiger partial charge in [0.15, 0.2) is 5.57 Å². The van der Waals surface area contributed by atoms with E-state index in [-0.39, 0.29) is 12.4 Å². The van der Waals surface area contributed by atoms with Crippen LogP contribution in [0.2, 0.25) is 0 Å². The van der Waals surface area contributed by atoms with Crippen LogP contribution in [0, 0.1) is 0 Å². The summed E-state index contributed by atoms with van der Waals surface area (Å²) in [5, 5.41) is 8.63. The van der Waals surface area contributed by atoms with E-state index in [1.807, 2.05) is 0 Å². The van der Waals surface area contributed by atoms with Crippen molar-refractivity contribution in [2.45, 2.75) is 13.8 Å². The highest BCUT2D eigenvalue weighted by molar-refractivity contribution is 6.13. The fourth-order valence-electron chi connectivity index (χ4n) is 0.687. The highest BCUT2D eigenvalue weighted by Gasteiger charge is 2.22. The van der Waals surface area contributed by atoms with Crippen molar-refractivity contribution in [3.63, 3.8) is 0 Å². The van der Waals surface area contributed by atoms with Crippen LogP contribution in [0.4, 0.5) is 0 Å². The molecule has 1 N–H and O–H groups in total. The predicted molar refractivity (Wildman–Crippen MR) is 44.0 cm³/mol. The molecule has 0 spiro atoms. The summed E-state index contributed by atoms with van der Waals surface area (Å²) < 4.78 is 9.17. The number of methoxy groups -OCH3 is 1. The van der Waals surface area contributed by atoms with Gasteiger partial charge < -0.3 is 14.6 Å². The molecule has 0 rings (SSSR count). The smallest absolute Gasteiger partial charge is 0.349 e. The minimum atomic E-state index is -1.35. The van der Waals surface area contributed by atoms with E-state index in [9.17, 15) is 9.59 Å². The molecule has 0 aliphatic carbocycles. The molecule has 0 saturated carbocycles. The molecule has 0 unspecified atom stereocenters. The van der Waals surface area contributed by atoms with Gasteiger partial charge in [-0.05, 0) is 13.8 Å². The van der Waals surface area contributed by atoms with Gasteiger partial charge in [-0.1, -0.05) is 0 Å². The molecule has 5 nitrogen and oxygen atoms in total. The maximum absolute atomic E-state index is 11.0. The molecular weight excluding hydrogens is 176 g/mol. The number of rotatable bonds is 4. The van der Waals surface area contributed by atoms with Gasteiger partial charge >= 0.3 is 11.9 Å². The molecule has 0 atom stereocenters. The second-order valence-electron chi connectivity index (χ2n) is 2.16. The van der Waals surface area contributed by atoms with Crippen molar-refractivity contribution in [2.75, 3.05) is 13.7 Å². The number of ether oxygens (including phenoxy) is 2. The number of carbonyl (C=O) groups is 2. The summed E-state index contributed by atoms with van der Waals surface area (Å²) in [6, 6.07) is 0. The second-order valence-corrected chi connectivity index (χ2v) is 2.16. The number of hydrogen-bond acceptors (Lipinski definition) is 4. The summed E-state index contributed by atoms with van der Waals surface area (Å²) in [5.74, 6) is -2.20. The molecule has 0 amide bonds. The standard InChI is InChI=1S/C8H12O5/c1-4-13-8(11)6(7(9)10)5(2)12-3/h4H2,1-3H3,(H,9,10). The van der Waals surface area contributed by atoms with E-state index in [1.54, 1.807) is 6.92 Å². The van der Waals surface area contributed by atoms with Crippen LogP contribution in [0.25, 0.3) is 0 Å². The monoisotopic (exact) mass is 188 g/mol. The molecule has 0 radical (unpaired) electrons. The molecule has 13 heavy (non-hydrogen) atoms. The molecule has 0 aliphatic rings. The molecule has 0 aromatic carbocycles. The Labute approximate surface area is 75.9 Å². The van der Waals surface area contributed by atoms with Gasteiger partial charge in [-0.2, -0.15) is 0 Å². The highest BCUT2D eigenvalue weighted by Crippen LogP contribution is 2.07. The fraction of sp³-hybridized carbons (Fsp3) is 0.500. The molecule has 74 valence electrons. The first-order valence-electron chi connectivity index (χ1n) is 3.69. The van der Waals surface area contributed by atoms with Gasteiger partial charge in [0.2, 0.25) is 0 Å². The maximum atomic E-state index is 11.0. The third kappa shape index (κ3) is 3.14. The van der Waals surface area contributed by atoms with Crippen molar-refractivity contribution in [2.24, 2.45) is 0 Å². The lowest BCUT2D eigenvalue weighted by Gasteiger charge is -2.05. The number of esters is 1. The zero-order chi connectivity index (χ0) is 10.4. The first-order valence-corrected chi connectivity index (χ1v) is 3.69. The Balaban J connectivity index is 4.82. The van der Waals surface area contributed by atoms with E-state index in [0.29, 0.717) is 0 Å². The molecule has 0 bridgehead atoms. The SMILES string of the molecule is CCOC(=O)C(C(=O)O)=C(C)OC. The second kappa shape index (κ2) is 5.18. The summed E-state index contributed by atoms with van der Waals surface area (Å²) in [5.41, 5.74) is -0.468. The Kier molecular flexibility index (Phi) is 4.58. The Hall–Kier alpha value is -1.52. The van der Waals surface area contributed by atoms with Crippen LogP contribution in [0.3, 0.4) is 0 Å². The number of carboxylic acids is 1. The average molecular weight is 188 g/mol. The number of carboxylic acid groups (broad SMARTS) is 1. The zero-order valence-corrected chi connectivity index (χ0v) is 7.79. The molecule has 5 heteroatoms. The third-order valence-corrected chi connectivity index (χ3v) is 1.35. The largest absolute Gasteiger partial charge is 0.500 e. The van der Waals surface area contributed by atoms with E-state index in [4.69, 9.17) is 5.11 Å². The quantitative estimate of drug-likeness (QED) is 0.229. The lowest BCUT2D eigenvalue weighted by atomic mass is 10.2. The van der Waals surface area contributed by atoms with Crippen molar-refractivity contribution in [1.29, 1.82) is 0 Å². The van der Waals surface area contributed by atoms with Crippen molar-refractivity contribution < 1.29 is 24.2 Å². The Morgan fingerprint density at radius 2 is 1.92 bits per heavy atom.